The van der Waals surface area contributed by atoms with Gasteiger partial charge >= 0.3 is 0 Å². The van der Waals surface area contributed by atoms with Crippen molar-refractivity contribution in [3.63, 3.8) is 0 Å². The fraction of sp³-hybridized carbons (Fsp3) is 0.562. The van der Waals surface area contributed by atoms with Crippen LogP contribution in [0.3, 0.4) is 0 Å². The van der Waals surface area contributed by atoms with E-state index >= 15 is 0 Å². The summed E-state index contributed by atoms with van der Waals surface area (Å²) in [5.41, 5.74) is 0. The first-order valence-electron chi connectivity index (χ1n) is 7.23. The van der Waals surface area contributed by atoms with Gasteiger partial charge in [0.25, 0.3) is 5.91 Å². The maximum absolute atomic E-state index is 11.8. The van der Waals surface area contributed by atoms with E-state index in [-0.39, 0.29) is 12.5 Å². The SMILES string of the molecule is COc1ccc(OCC(=O)NC2CCC(C)CC2)cc1. The second-order valence-corrected chi connectivity index (χ2v) is 5.49. The van der Waals surface area contributed by atoms with E-state index in [0.29, 0.717) is 11.8 Å². The van der Waals surface area contributed by atoms with Gasteiger partial charge in [0.1, 0.15) is 11.5 Å². The number of hydrogen-bond acceptors (Lipinski definition) is 3. The van der Waals surface area contributed by atoms with Crippen LogP contribution in [0, 0.1) is 5.92 Å². The molecular weight excluding hydrogens is 254 g/mol. The van der Waals surface area contributed by atoms with Crippen LogP contribution in [0.25, 0.3) is 0 Å². The summed E-state index contributed by atoms with van der Waals surface area (Å²) < 4.78 is 10.5. The van der Waals surface area contributed by atoms with Crippen LogP contribution in [0.1, 0.15) is 32.6 Å². The summed E-state index contributed by atoms with van der Waals surface area (Å²) in [4.78, 5) is 11.8. The van der Waals surface area contributed by atoms with Crippen molar-refractivity contribution in [2.24, 2.45) is 5.92 Å². The molecule has 4 heteroatoms. The largest absolute Gasteiger partial charge is 0.497 e. The summed E-state index contributed by atoms with van der Waals surface area (Å²) in [6, 6.07) is 7.55. The molecule has 0 aliphatic heterocycles. The van der Waals surface area contributed by atoms with Gasteiger partial charge in [-0.2, -0.15) is 0 Å². The van der Waals surface area contributed by atoms with E-state index < -0.39 is 0 Å². The Morgan fingerprint density at radius 2 is 1.75 bits per heavy atom. The maximum atomic E-state index is 11.8. The number of rotatable bonds is 5. The molecule has 20 heavy (non-hydrogen) atoms. The maximum Gasteiger partial charge on any atom is 0.258 e. The molecule has 0 saturated heterocycles. The minimum atomic E-state index is -0.0413. The molecular formula is C16H23NO3. The predicted octanol–water partition coefficient (Wildman–Crippen LogP) is 2.77. The highest BCUT2D eigenvalue weighted by Crippen LogP contribution is 2.23. The number of benzene rings is 1. The van der Waals surface area contributed by atoms with Crippen molar-refractivity contribution in [2.45, 2.75) is 38.6 Å². The molecule has 0 aromatic heterocycles. The van der Waals surface area contributed by atoms with Crippen molar-refractivity contribution >= 4 is 5.91 Å². The number of ether oxygens (including phenoxy) is 2. The number of methoxy groups -OCH3 is 1. The lowest BCUT2D eigenvalue weighted by Gasteiger charge is -2.26. The number of carbonyl (C=O) groups is 1. The Kier molecular flexibility index (Phi) is 5.27. The molecule has 1 aliphatic carbocycles. The topological polar surface area (TPSA) is 47.6 Å². The lowest BCUT2D eigenvalue weighted by Crippen LogP contribution is -2.39. The van der Waals surface area contributed by atoms with Gasteiger partial charge in [0.05, 0.1) is 7.11 Å². The highest BCUT2D eigenvalue weighted by atomic mass is 16.5. The van der Waals surface area contributed by atoms with Gasteiger partial charge in [-0.05, 0) is 55.9 Å². The van der Waals surface area contributed by atoms with Gasteiger partial charge in [-0.25, -0.2) is 0 Å². The van der Waals surface area contributed by atoms with E-state index in [4.69, 9.17) is 9.47 Å². The summed E-state index contributed by atoms with van der Waals surface area (Å²) in [7, 11) is 1.62. The Balaban J connectivity index is 1.71. The molecule has 1 aromatic rings. The van der Waals surface area contributed by atoms with E-state index in [2.05, 4.69) is 12.2 Å². The molecule has 1 fully saturated rings. The van der Waals surface area contributed by atoms with Crippen molar-refractivity contribution in [2.75, 3.05) is 13.7 Å². The number of nitrogens with one attached hydrogen (secondary N) is 1. The molecule has 0 spiro atoms. The van der Waals surface area contributed by atoms with Crippen molar-refractivity contribution in [1.82, 2.24) is 5.32 Å². The van der Waals surface area contributed by atoms with Gasteiger partial charge in [-0.1, -0.05) is 6.92 Å². The standard InChI is InChI=1S/C16H23NO3/c1-12-3-5-13(6-4-12)17-16(18)11-20-15-9-7-14(19-2)8-10-15/h7-10,12-13H,3-6,11H2,1-2H3,(H,17,18). The third kappa shape index (κ3) is 4.44. The van der Waals surface area contributed by atoms with E-state index in [1.807, 2.05) is 12.1 Å². The molecule has 1 amide bonds. The lowest BCUT2D eigenvalue weighted by atomic mass is 9.87. The Bertz CT molecular complexity index is 422. The Labute approximate surface area is 120 Å². The minimum absolute atomic E-state index is 0.0413. The smallest absolute Gasteiger partial charge is 0.258 e. The Hall–Kier alpha value is -1.71. The van der Waals surface area contributed by atoms with Crippen molar-refractivity contribution in [3.05, 3.63) is 24.3 Å². The van der Waals surface area contributed by atoms with Crippen LogP contribution in [-0.2, 0) is 4.79 Å². The van der Waals surface area contributed by atoms with Gasteiger partial charge in [0, 0.05) is 6.04 Å². The van der Waals surface area contributed by atoms with Crippen molar-refractivity contribution in [3.8, 4) is 11.5 Å². The molecule has 0 atom stereocenters. The number of amides is 1. The fourth-order valence-corrected chi connectivity index (χ4v) is 2.49. The highest BCUT2D eigenvalue weighted by Gasteiger charge is 2.19. The van der Waals surface area contributed by atoms with Crippen LogP contribution >= 0.6 is 0 Å². The Morgan fingerprint density at radius 3 is 2.35 bits per heavy atom. The van der Waals surface area contributed by atoms with Crippen molar-refractivity contribution < 1.29 is 14.3 Å². The van der Waals surface area contributed by atoms with Gasteiger partial charge in [-0.3, -0.25) is 4.79 Å². The van der Waals surface area contributed by atoms with Gasteiger partial charge < -0.3 is 14.8 Å². The first-order valence-corrected chi connectivity index (χ1v) is 7.23. The average Bonchev–Trinajstić information content (AvgIpc) is 2.48. The molecule has 1 aromatic carbocycles. The minimum Gasteiger partial charge on any atom is -0.497 e. The molecule has 1 saturated carbocycles. The van der Waals surface area contributed by atoms with E-state index in [1.165, 1.54) is 12.8 Å². The van der Waals surface area contributed by atoms with Crippen LogP contribution in [0.2, 0.25) is 0 Å². The van der Waals surface area contributed by atoms with Crippen LogP contribution < -0.4 is 14.8 Å². The quantitative estimate of drug-likeness (QED) is 0.900. The molecule has 0 heterocycles. The van der Waals surface area contributed by atoms with Crippen molar-refractivity contribution in [1.29, 1.82) is 0 Å². The molecule has 0 radical (unpaired) electrons. The number of hydrogen-bond donors (Lipinski definition) is 1. The number of carbonyl (C=O) groups excluding carboxylic acids is 1. The molecule has 1 aliphatic rings. The summed E-state index contributed by atoms with van der Waals surface area (Å²) in [5, 5.41) is 3.04. The highest BCUT2D eigenvalue weighted by molar-refractivity contribution is 5.77. The normalized spacial score (nSPS) is 22.1. The van der Waals surface area contributed by atoms with E-state index in [1.54, 1.807) is 19.2 Å². The molecule has 110 valence electrons. The third-order valence-corrected chi connectivity index (χ3v) is 3.81. The zero-order chi connectivity index (χ0) is 14.4. The zero-order valence-corrected chi connectivity index (χ0v) is 12.2. The van der Waals surface area contributed by atoms with Crippen LogP contribution in [-0.4, -0.2) is 25.7 Å². The predicted molar refractivity (Wildman–Crippen MR) is 78.1 cm³/mol. The van der Waals surface area contributed by atoms with Gasteiger partial charge in [0.2, 0.25) is 0 Å². The summed E-state index contributed by atoms with van der Waals surface area (Å²) >= 11 is 0. The van der Waals surface area contributed by atoms with E-state index in [9.17, 15) is 4.79 Å². The summed E-state index contributed by atoms with van der Waals surface area (Å²) in [6.07, 6.45) is 4.56. The van der Waals surface area contributed by atoms with Crippen LogP contribution in [0.4, 0.5) is 0 Å². The van der Waals surface area contributed by atoms with Crippen LogP contribution in [0.15, 0.2) is 24.3 Å². The third-order valence-electron chi connectivity index (χ3n) is 3.81. The average molecular weight is 277 g/mol. The summed E-state index contributed by atoms with van der Waals surface area (Å²) in [5.74, 6) is 2.20. The molecule has 4 nitrogen and oxygen atoms in total. The summed E-state index contributed by atoms with van der Waals surface area (Å²) in [6.45, 7) is 2.34. The Morgan fingerprint density at radius 1 is 1.15 bits per heavy atom. The lowest BCUT2D eigenvalue weighted by molar-refractivity contribution is -0.124. The second kappa shape index (κ2) is 7.17. The molecule has 0 bridgehead atoms. The van der Waals surface area contributed by atoms with E-state index in [0.717, 1.165) is 24.5 Å². The molecule has 0 unspecified atom stereocenters. The second-order valence-electron chi connectivity index (χ2n) is 5.49. The first-order chi connectivity index (χ1) is 9.67. The van der Waals surface area contributed by atoms with Crippen LogP contribution in [0.5, 0.6) is 11.5 Å². The fourth-order valence-electron chi connectivity index (χ4n) is 2.49. The molecule has 2 rings (SSSR count). The molecule has 1 N–H and O–H groups in total. The van der Waals surface area contributed by atoms with Gasteiger partial charge in [-0.15, -0.1) is 0 Å². The van der Waals surface area contributed by atoms with Gasteiger partial charge in [0.15, 0.2) is 6.61 Å². The monoisotopic (exact) mass is 277 g/mol. The zero-order valence-electron chi connectivity index (χ0n) is 12.2. The first kappa shape index (κ1) is 14.7.